The topological polar surface area (TPSA) is 35.2 Å². The van der Waals surface area contributed by atoms with Crippen molar-refractivity contribution in [3.63, 3.8) is 0 Å². The smallest absolute Gasteiger partial charge is 0.126 e. The lowest BCUT2D eigenvalue weighted by atomic mass is 9.92. The highest BCUT2D eigenvalue weighted by Gasteiger charge is 2.26. The van der Waals surface area contributed by atoms with Crippen molar-refractivity contribution in [2.45, 2.75) is 38.8 Å². The maximum absolute atomic E-state index is 6.29. The lowest BCUT2D eigenvalue weighted by Crippen LogP contribution is -2.24. The Balaban J connectivity index is 1.79. The molecule has 0 saturated heterocycles. The van der Waals surface area contributed by atoms with E-state index < -0.39 is 0 Å². The second kappa shape index (κ2) is 5.90. The molecule has 2 nitrogen and oxygen atoms in total. The lowest BCUT2D eigenvalue weighted by molar-refractivity contribution is 0.161. The van der Waals surface area contributed by atoms with Crippen molar-refractivity contribution in [3.8, 4) is 5.75 Å². The van der Waals surface area contributed by atoms with Gasteiger partial charge in [0.15, 0.2) is 0 Å². The second-order valence-electron chi connectivity index (χ2n) is 6.33. The van der Waals surface area contributed by atoms with Crippen molar-refractivity contribution in [2.75, 3.05) is 0 Å². The minimum absolute atomic E-state index is 0.0512. The molecular formula is C19H23NO. The van der Waals surface area contributed by atoms with Gasteiger partial charge in [-0.05, 0) is 29.5 Å². The fraction of sp³-hybridized carbons (Fsp3) is 0.368. The third kappa shape index (κ3) is 3.11. The van der Waals surface area contributed by atoms with Crippen LogP contribution < -0.4 is 10.5 Å². The number of ether oxygens (including phenoxy) is 1. The molecule has 0 bridgehead atoms. The summed E-state index contributed by atoms with van der Waals surface area (Å²) in [6.45, 7) is 4.49. The van der Waals surface area contributed by atoms with Crippen LogP contribution >= 0.6 is 0 Å². The van der Waals surface area contributed by atoms with Crippen LogP contribution in [0.15, 0.2) is 48.5 Å². The van der Waals surface area contributed by atoms with Gasteiger partial charge in [-0.3, -0.25) is 0 Å². The van der Waals surface area contributed by atoms with Gasteiger partial charge in [-0.1, -0.05) is 56.3 Å². The fourth-order valence-corrected chi connectivity index (χ4v) is 3.00. The van der Waals surface area contributed by atoms with Gasteiger partial charge in [-0.2, -0.15) is 0 Å². The van der Waals surface area contributed by atoms with Gasteiger partial charge in [0, 0.05) is 18.0 Å². The molecule has 2 atom stereocenters. The van der Waals surface area contributed by atoms with E-state index in [1.54, 1.807) is 0 Å². The van der Waals surface area contributed by atoms with Crippen LogP contribution in [-0.4, -0.2) is 0 Å². The van der Waals surface area contributed by atoms with Gasteiger partial charge < -0.3 is 10.5 Å². The molecule has 2 aromatic carbocycles. The molecule has 0 aromatic heterocycles. The molecule has 0 radical (unpaired) electrons. The van der Waals surface area contributed by atoms with Crippen LogP contribution in [-0.2, 0) is 6.42 Å². The van der Waals surface area contributed by atoms with Crippen LogP contribution in [0, 0.1) is 5.92 Å². The molecule has 110 valence electrons. The fourth-order valence-electron chi connectivity index (χ4n) is 3.00. The minimum Gasteiger partial charge on any atom is -0.485 e. The van der Waals surface area contributed by atoms with Gasteiger partial charge >= 0.3 is 0 Å². The summed E-state index contributed by atoms with van der Waals surface area (Å²) < 4.78 is 6.13. The third-order valence-electron chi connectivity index (χ3n) is 4.05. The van der Waals surface area contributed by atoms with Crippen molar-refractivity contribution in [3.05, 3.63) is 65.2 Å². The van der Waals surface area contributed by atoms with E-state index in [-0.39, 0.29) is 12.1 Å². The molecule has 2 N–H and O–H groups in total. The molecule has 0 fully saturated rings. The van der Waals surface area contributed by atoms with Gasteiger partial charge in [-0.15, -0.1) is 0 Å². The second-order valence-corrected chi connectivity index (χ2v) is 6.33. The Morgan fingerprint density at radius 3 is 2.52 bits per heavy atom. The molecule has 1 unspecified atom stereocenters. The molecule has 0 saturated carbocycles. The van der Waals surface area contributed by atoms with Gasteiger partial charge in [0.2, 0.25) is 0 Å². The molecular weight excluding hydrogens is 258 g/mol. The maximum Gasteiger partial charge on any atom is 0.126 e. The van der Waals surface area contributed by atoms with E-state index >= 15 is 0 Å². The summed E-state index contributed by atoms with van der Waals surface area (Å²) in [5, 5.41) is 0. The SMILES string of the molecule is CC(C)Cc1ccc(C2C[C@H](N)c3ccccc3O2)cc1. The lowest BCUT2D eigenvalue weighted by Gasteiger charge is -2.30. The first-order valence-corrected chi connectivity index (χ1v) is 7.73. The van der Waals surface area contributed by atoms with Crippen LogP contribution in [0.3, 0.4) is 0 Å². The number of hydrogen-bond donors (Lipinski definition) is 1. The van der Waals surface area contributed by atoms with E-state index in [4.69, 9.17) is 10.5 Å². The summed E-state index contributed by atoms with van der Waals surface area (Å²) in [6.07, 6.45) is 2.01. The molecule has 1 aliphatic heterocycles. The molecule has 0 amide bonds. The van der Waals surface area contributed by atoms with Crippen molar-refractivity contribution < 1.29 is 4.74 Å². The number of benzene rings is 2. The standard InChI is InChI=1S/C19H23NO/c1-13(2)11-14-7-9-15(10-8-14)19-12-17(20)16-5-3-4-6-18(16)21-19/h3-10,13,17,19H,11-12,20H2,1-2H3/t17-,19?/m0/s1. The number of hydrogen-bond acceptors (Lipinski definition) is 2. The predicted octanol–water partition coefficient (Wildman–Crippen LogP) is 4.41. The van der Waals surface area contributed by atoms with Crippen molar-refractivity contribution in [1.29, 1.82) is 0 Å². The Hall–Kier alpha value is -1.80. The number of nitrogens with two attached hydrogens (primary N) is 1. The van der Waals surface area contributed by atoms with E-state index in [0.717, 1.165) is 24.2 Å². The molecule has 1 aliphatic rings. The zero-order valence-electron chi connectivity index (χ0n) is 12.8. The summed E-state index contributed by atoms with van der Waals surface area (Å²) in [7, 11) is 0. The zero-order chi connectivity index (χ0) is 14.8. The highest BCUT2D eigenvalue weighted by Crippen LogP contribution is 2.39. The van der Waals surface area contributed by atoms with Crippen LogP contribution in [0.2, 0.25) is 0 Å². The molecule has 2 heteroatoms. The van der Waals surface area contributed by atoms with Crippen LogP contribution in [0.4, 0.5) is 0 Å². The quantitative estimate of drug-likeness (QED) is 0.904. The largest absolute Gasteiger partial charge is 0.485 e. The first-order valence-electron chi connectivity index (χ1n) is 7.73. The van der Waals surface area contributed by atoms with Gasteiger partial charge in [0.05, 0.1) is 0 Å². The van der Waals surface area contributed by atoms with Crippen LogP contribution in [0.1, 0.15) is 49.1 Å². The maximum atomic E-state index is 6.29. The molecule has 3 rings (SSSR count). The number of para-hydroxylation sites is 1. The third-order valence-corrected chi connectivity index (χ3v) is 4.05. The average molecular weight is 281 g/mol. The van der Waals surface area contributed by atoms with Crippen LogP contribution in [0.25, 0.3) is 0 Å². The molecule has 1 heterocycles. The first kappa shape index (κ1) is 14.2. The van der Waals surface area contributed by atoms with E-state index in [2.05, 4.69) is 44.2 Å². The Morgan fingerprint density at radius 2 is 1.81 bits per heavy atom. The number of rotatable bonds is 3. The minimum atomic E-state index is 0.0512. The van der Waals surface area contributed by atoms with E-state index in [1.165, 1.54) is 11.1 Å². The summed E-state index contributed by atoms with van der Waals surface area (Å²) in [6, 6.07) is 16.9. The highest BCUT2D eigenvalue weighted by molar-refractivity contribution is 5.39. The van der Waals surface area contributed by atoms with E-state index in [0.29, 0.717) is 5.92 Å². The summed E-state index contributed by atoms with van der Waals surface area (Å²) in [5.41, 5.74) is 10.0. The van der Waals surface area contributed by atoms with Gasteiger partial charge in [-0.25, -0.2) is 0 Å². The Morgan fingerprint density at radius 1 is 1.10 bits per heavy atom. The van der Waals surface area contributed by atoms with Crippen molar-refractivity contribution >= 4 is 0 Å². The van der Waals surface area contributed by atoms with E-state index in [9.17, 15) is 0 Å². The number of fused-ring (bicyclic) bond motifs is 1. The summed E-state index contributed by atoms with van der Waals surface area (Å²) >= 11 is 0. The Kier molecular flexibility index (Phi) is 3.98. The normalized spacial score (nSPS) is 21.0. The Labute approximate surface area is 126 Å². The molecule has 2 aromatic rings. The molecule has 0 aliphatic carbocycles. The zero-order valence-corrected chi connectivity index (χ0v) is 12.8. The van der Waals surface area contributed by atoms with Gasteiger partial charge in [0.25, 0.3) is 0 Å². The van der Waals surface area contributed by atoms with E-state index in [1.807, 2.05) is 18.2 Å². The van der Waals surface area contributed by atoms with Crippen molar-refractivity contribution in [1.82, 2.24) is 0 Å². The van der Waals surface area contributed by atoms with Gasteiger partial charge in [0.1, 0.15) is 11.9 Å². The van der Waals surface area contributed by atoms with Crippen molar-refractivity contribution in [2.24, 2.45) is 11.7 Å². The predicted molar refractivity (Wildman–Crippen MR) is 86.3 cm³/mol. The molecule has 0 spiro atoms. The van der Waals surface area contributed by atoms with Crippen LogP contribution in [0.5, 0.6) is 5.75 Å². The first-order chi connectivity index (χ1) is 10.1. The summed E-state index contributed by atoms with van der Waals surface area (Å²) in [5.74, 6) is 1.61. The average Bonchev–Trinajstić information content (AvgIpc) is 2.47. The molecule has 21 heavy (non-hydrogen) atoms. The summed E-state index contributed by atoms with van der Waals surface area (Å²) in [4.78, 5) is 0. The monoisotopic (exact) mass is 281 g/mol. The highest BCUT2D eigenvalue weighted by atomic mass is 16.5. The Bertz CT molecular complexity index is 603.